The van der Waals surface area contributed by atoms with E-state index >= 15 is 0 Å². The van der Waals surface area contributed by atoms with Gasteiger partial charge < -0.3 is 4.74 Å². The number of halogens is 2. The Morgan fingerprint density at radius 3 is 2.16 bits per heavy atom. The highest BCUT2D eigenvalue weighted by atomic mass is 35.5. The molecule has 25 heavy (non-hydrogen) atoms. The lowest BCUT2D eigenvalue weighted by atomic mass is 10.1. The first-order valence-electron chi connectivity index (χ1n) is 7.20. The van der Waals surface area contributed by atoms with Gasteiger partial charge in [0.25, 0.3) is 0 Å². The van der Waals surface area contributed by atoms with E-state index in [4.69, 9.17) is 27.9 Å². The zero-order valence-electron chi connectivity index (χ0n) is 12.7. The molecule has 0 amide bonds. The molecular formula is C19H10Cl2N2O2. The molecule has 0 aliphatic carbocycles. The summed E-state index contributed by atoms with van der Waals surface area (Å²) in [6, 6.07) is 17.0. The molecule has 0 bridgehead atoms. The SMILES string of the molecule is N#Cc1cc(-c2ccc(Cl)cc2)cnc1OC(=O)c1ccc(Cl)cc1. The van der Waals surface area contributed by atoms with E-state index in [0.717, 1.165) is 11.1 Å². The Balaban J connectivity index is 1.87. The second-order valence-electron chi connectivity index (χ2n) is 5.09. The molecule has 2 aromatic carbocycles. The van der Waals surface area contributed by atoms with Crippen LogP contribution in [0.4, 0.5) is 0 Å². The lowest BCUT2D eigenvalue weighted by Crippen LogP contribution is -2.10. The number of carbonyl (C=O) groups is 1. The average Bonchev–Trinajstić information content (AvgIpc) is 2.63. The minimum absolute atomic E-state index is 0.0415. The maximum atomic E-state index is 12.2. The number of rotatable bonds is 3. The van der Waals surface area contributed by atoms with Crippen molar-refractivity contribution >= 4 is 29.2 Å². The monoisotopic (exact) mass is 368 g/mol. The van der Waals surface area contributed by atoms with E-state index in [1.165, 1.54) is 6.20 Å². The molecule has 6 heteroatoms. The second kappa shape index (κ2) is 7.35. The zero-order chi connectivity index (χ0) is 17.8. The quantitative estimate of drug-likeness (QED) is 0.600. The molecule has 0 spiro atoms. The number of pyridine rings is 1. The van der Waals surface area contributed by atoms with Crippen LogP contribution < -0.4 is 4.74 Å². The van der Waals surface area contributed by atoms with Crippen LogP contribution in [0.2, 0.25) is 10.0 Å². The molecule has 0 radical (unpaired) electrons. The van der Waals surface area contributed by atoms with Crippen LogP contribution in [0.3, 0.4) is 0 Å². The van der Waals surface area contributed by atoms with Crippen molar-refractivity contribution < 1.29 is 9.53 Å². The molecule has 0 unspecified atom stereocenters. The third-order valence-electron chi connectivity index (χ3n) is 3.42. The third-order valence-corrected chi connectivity index (χ3v) is 3.92. The van der Waals surface area contributed by atoms with E-state index < -0.39 is 5.97 Å². The van der Waals surface area contributed by atoms with Crippen LogP contribution in [0.1, 0.15) is 15.9 Å². The first-order valence-corrected chi connectivity index (χ1v) is 7.96. The van der Waals surface area contributed by atoms with Crippen LogP contribution in [-0.2, 0) is 0 Å². The van der Waals surface area contributed by atoms with Gasteiger partial charge in [-0.25, -0.2) is 9.78 Å². The molecular weight excluding hydrogens is 359 g/mol. The van der Waals surface area contributed by atoms with Gasteiger partial charge in [0, 0.05) is 21.8 Å². The molecule has 0 aliphatic heterocycles. The van der Waals surface area contributed by atoms with Gasteiger partial charge in [-0.3, -0.25) is 0 Å². The van der Waals surface area contributed by atoms with Crippen LogP contribution >= 0.6 is 23.2 Å². The van der Waals surface area contributed by atoms with E-state index in [1.54, 1.807) is 42.5 Å². The molecule has 3 aromatic rings. The smallest absolute Gasteiger partial charge is 0.344 e. The molecule has 0 saturated carbocycles. The van der Waals surface area contributed by atoms with E-state index in [-0.39, 0.29) is 11.4 Å². The third kappa shape index (κ3) is 3.97. The predicted molar refractivity (Wildman–Crippen MR) is 95.8 cm³/mol. The van der Waals surface area contributed by atoms with Crippen LogP contribution in [-0.4, -0.2) is 11.0 Å². The lowest BCUT2D eigenvalue weighted by Gasteiger charge is -2.07. The number of nitrogens with zero attached hydrogens (tertiary/aromatic N) is 2. The maximum absolute atomic E-state index is 12.2. The molecule has 0 saturated heterocycles. The minimum atomic E-state index is -0.611. The first-order chi connectivity index (χ1) is 12.1. The van der Waals surface area contributed by atoms with Gasteiger partial charge in [0.2, 0.25) is 5.88 Å². The highest BCUT2D eigenvalue weighted by molar-refractivity contribution is 6.30. The molecule has 3 rings (SSSR count). The summed E-state index contributed by atoms with van der Waals surface area (Å²) in [6.45, 7) is 0. The molecule has 1 heterocycles. The number of carbonyl (C=O) groups excluding carboxylic acids is 1. The summed E-state index contributed by atoms with van der Waals surface area (Å²) in [4.78, 5) is 16.3. The maximum Gasteiger partial charge on any atom is 0.344 e. The van der Waals surface area contributed by atoms with E-state index in [1.807, 2.05) is 18.2 Å². The summed E-state index contributed by atoms with van der Waals surface area (Å²) in [5, 5.41) is 10.5. The Labute approximate surface area is 154 Å². The zero-order valence-corrected chi connectivity index (χ0v) is 14.3. The summed E-state index contributed by atoms with van der Waals surface area (Å²) >= 11 is 11.7. The van der Waals surface area contributed by atoms with Gasteiger partial charge in [-0.1, -0.05) is 35.3 Å². The van der Waals surface area contributed by atoms with Crippen molar-refractivity contribution in [3.63, 3.8) is 0 Å². The number of esters is 1. The number of hydrogen-bond donors (Lipinski definition) is 0. The first kappa shape index (κ1) is 17.0. The highest BCUT2D eigenvalue weighted by Crippen LogP contribution is 2.25. The fourth-order valence-electron chi connectivity index (χ4n) is 2.15. The van der Waals surface area contributed by atoms with Crippen molar-refractivity contribution in [2.75, 3.05) is 0 Å². The Morgan fingerprint density at radius 1 is 0.960 bits per heavy atom. The Hall–Kier alpha value is -2.87. The Bertz CT molecular complexity index is 962. The number of aromatic nitrogens is 1. The highest BCUT2D eigenvalue weighted by Gasteiger charge is 2.14. The van der Waals surface area contributed by atoms with Crippen molar-refractivity contribution in [2.45, 2.75) is 0 Å². The fraction of sp³-hybridized carbons (Fsp3) is 0. The number of nitriles is 1. The number of ether oxygens (including phenoxy) is 1. The standard InChI is InChI=1S/C19H10Cl2N2O2/c20-16-5-1-12(2-6-16)15-9-14(10-22)18(23-11-15)25-19(24)13-3-7-17(21)8-4-13/h1-9,11H. The van der Waals surface area contributed by atoms with E-state index in [9.17, 15) is 10.1 Å². The molecule has 0 N–H and O–H groups in total. The lowest BCUT2D eigenvalue weighted by molar-refractivity contribution is 0.0727. The van der Waals surface area contributed by atoms with Crippen LogP contribution in [0.15, 0.2) is 60.8 Å². The van der Waals surface area contributed by atoms with Crippen molar-refractivity contribution in [1.29, 1.82) is 5.26 Å². The largest absolute Gasteiger partial charge is 0.402 e. The van der Waals surface area contributed by atoms with Crippen molar-refractivity contribution in [3.05, 3.63) is 82.0 Å². The van der Waals surface area contributed by atoms with Crippen molar-refractivity contribution in [1.82, 2.24) is 4.98 Å². The van der Waals surface area contributed by atoms with Gasteiger partial charge in [0.1, 0.15) is 11.6 Å². The number of benzene rings is 2. The van der Waals surface area contributed by atoms with Gasteiger partial charge in [-0.2, -0.15) is 5.26 Å². The van der Waals surface area contributed by atoms with Gasteiger partial charge in [0.05, 0.1) is 5.56 Å². The van der Waals surface area contributed by atoms with Crippen LogP contribution in [0.5, 0.6) is 5.88 Å². The van der Waals surface area contributed by atoms with Gasteiger partial charge in [0.15, 0.2) is 0 Å². The van der Waals surface area contributed by atoms with E-state index in [0.29, 0.717) is 15.6 Å². The van der Waals surface area contributed by atoms with Crippen LogP contribution in [0, 0.1) is 11.3 Å². The summed E-state index contributed by atoms with van der Waals surface area (Å²) < 4.78 is 5.24. The summed E-state index contributed by atoms with van der Waals surface area (Å²) in [5.41, 5.74) is 2.05. The summed E-state index contributed by atoms with van der Waals surface area (Å²) in [5.74, 6) is -0.653. The second-order valence-corrected chi connectivity index (χ2v) is 5.96. The van der Waals surface area contributed by atoms with Crippen molar-refractivity contribution in [3.8, 4) is 23.1 Å². The molecule has 1 aromatic heterocycles. The predicted octanol–water partition coefficient (Wildman–Crippen LogP) is 5.15. The van der Waals surface area contributed by atoms with Crippen LogP contribution in [0.25, 0.3) is 11.1 Å². The summed E-state index contributed by atoms with van der Waals surface area (Å²) in [6.07, 6.45) is 1.54. The normalized spacial score (nSPS) is 10.1. The molecule has 122 valence electrons. The average molecular weight is 369 g/mol. The molecule has 4 nitrogen and oxygen atoms in total. The Morgan fingerprint density at radius 2 is 1.56 bits per heavy atom. The van der Waals surface area contributed by atoms with Gasteiger partial charge in [-0.05, 0) is 48.0 Å². The minimum Gasteiger partial charge on any atom is -0.402 e. The summed E-state index contributed by atoms with van der Waals surface area (Å²) in [7, 11) is 0. The molecule has 0 atom stereocenters. The van der Waals surface area contributed by atoms with Gasteiger partial charge >= 0.3 is 5.97 Å². The Kier molecular flexibility index (Phi) is 4.99. The topological polar surface area (TPSA) is 63.0 Å². The van der Waals surface area contributed by atoms with Crippen molar-refractivity contribution in [2.24, 2.45) is 0 Å². The van der Waals surface area contributed by atoms with E-state index in [2.05, 4.69) is 4.98 Å². The number of hydrogen-bond acceptors (Lipinski definition) is 4. The molecule has 0 aliphatic rings. The van der Waals surface area contributed by atoms with Gasteiger partial charge in [-0.15, -0.1) is 0 Å². The fourth-order valence-corrected chi connectivity index (χ4v) is 2.40. The molecule has 0 fully saturated rings.